The SMILES string of the molecule is COC(=O)N1CCCC1C(=O)Nc1ccccc1C(C)(C)C. The summed E-state index contributed by atoms with van der Waals surface area (Å²) in [5.74, 6) is -0.153. The van der Waals surface area contributed by atoms with Crippen molar-refractivity contribution in [3.63, 3.8) is 0 Å². The first-order chi connectivity index (χ1) is 10.3. The van der Waals surface area contributed by atoms with E-state index < -0.39 is 12.1 Å². The fourth-order valence-electron chi connectivity index (χ4n) is 2.84. The molecular weight excluding hydrogens is 280 g/mol. The number of amides is 2. The lowest BCUT2D eigenvalue weighted by atomic mass is 9.86. The number of nitrogens with one attached hydrogen (secondary N) is 1. The number of carbonyl (C=O) groups is 2. The molecule has 120 valence electrons. The maximum Gasteiger partial charge on any atom is 0.410 e. The first kappa shape index (κ1) is 16.3. The van der Waals surface area contributed by atoms with Gasteiger partial charge in [-0.15, -0.1) is 0 Å². The topological polar surface area (TPSA) is 58.6 Å². The molecule has 1 saturated heterocycles. The molecule has 1 aliphatic heterocycles. The Morgan fingerprint density at radius 2 is 1.95 bits per heavy atom. The van der Waals surface area contributed by atoms with Crippen molar-refractivity contribution in [1.29, 1.82) is 0 Å². The highest BCUT2D eigenvalue weighted by Gasteiger charge is 2.35. The second-order valence-electron chi connectivity index (χ2n) is 6.61. The molecule has 1 heterocycles. The Balaban J connectivity index is 2.18. The molecule has 1 aromatic carbocycles. The zero-order valence-electron chi connectivity index (χ0n) is 13.7. The molecule has 0 radical (unpaired) electrons. The van der Waals surface area contributed by atoms with Crippen molar-refractivity contribution in [3.8, 4) is 0 Å². The minimum absolute atomic E-state index is 0.0679. The fraction of sp³-hybridized carbons (Fsp3) is 0.529. The summed E-state index contributed by atoms with van der Waals surface area (Å²) >= 11 is 0. The largest absolute Gasteiger partial charge is 0.453 e. The van der Waals surface area contributed by atoms with Crippen LogP contribution in [0.5, 0.6) is 0 Å². The summed E-state index contributed by atoms with van der Waals surface area (Å²) in [6.45, 7) is 6.88. The van der Waals surface area contributed by atoms with Crippen molar-refractivity contribution in [1.82, 2.24) is 4.90 Å². The van der Waals surface area contributed by atoms with Gasteiger partial charge >= 0.3 is 6.09 Å². The maximum absolute atomic E-state index is 12.6. The summed E-state index contributed by atoms with van der Waals surface area (Å²) < 4.78 is 4.75. The lowest BCUT2D eigenvalue weighted by Crippen LogP contribution is -2.43. The van der Waals surface area contributed by atoms with Crippen LogP contribution in [-0.2, 0) is 14.9 Å². The van der Waals surface area contributed by atoms with E-state index in [-0.39, 0.29) is 11.3 Å². The van der Waals surface area contributed by atoms with E-state index >= 15 is 0 Å². The molecular formula is C17H24N2O3. The summed E-state index contributed by atoms with van der Waals surface area (Å²) in [4.78, 5) is 25.8. The number of carbonyl (C=O) groups excluding carboxylic acids is 2. The predicted octanol–water partition coefficient (Wildman–Crippen LogP) is 3.15. The third-order valence-corrected chi connectivity index (χ3v) is 3.96. The van der Waals surface area contributed by atoms with E-state index in [9.17, 15) is 9.59 Å². The lowest BCUT2D eigenvalue weighted by molar-refractivity contribution is -0.119. The molecule has 0 aliphatic carbocycles. The molecule has 1 aromatic rings. The third-order valence-electron chi connectivity index (χ3n) is 3.96. The number of likely N-dealkylation sites (tertiary alicyclic amines) is 1. The average Bonchev–Trinajstić information content (AvgIpc) is 2.95. The summed E-state index contributed by atoms with van der Waals surface area (Å²) in [6, 6.07) is 7.32. The molecule has 1 aliphatic rings. The molecule has 0 saturated carbocycles. The van der Waals surface area contributed by atoms with Gasteiger partial charge in [0, 0.05) is 12.2 Å². The maximum atomic E-state index is 12.6. The van der Waals surface area contributed by atoms with Gasteiger partial charge in [0.1, 0.15) is 6.04 Å². The second-order valence-corrected chi connectivity index (χ2v) is 6.61. The highest BCUT2D eigenvalue weighted by atomic mass is 16.5. The van der Waals surface area contributed by atoms with Crippen LogP contribution in [0.25, 0.3) is 0 Å². The second kappa shape index (κ2) is 6.38. The molecule has 5 nitrogen and oxygen atoms in total. The Bertz CT molecular complexity index is 563. The number of anilines is 1. The zero-order chi connectivity index (χ0) is 16.3. The molecule has 22 heavy (non-hydrogen) atoms. The Morgan fingerprint density at radius 1 is 1.27 bits per heavy atom. The minimum atomic E-state index is -0.458. The zero-order valence-corrected chi connectivity index (χ0v) is 13.7. The molecule has 1 fully saturated rings. The van der Waals surface area contributed by atoms with Crippen LogP contribution in [0.3, 0.4) is 0 Å². The van der Waals surface area contributed by atoms with Gasteiger partial charge in [-0.3, -0.25) is 9.69 Å². The number of para-hydroxylation sites is 1. The van der Waals surface area contributed by atoms with Crippen LogP contribution in [-0.4, -0.2) is 36.6 Å². The summed E-state index contributed by atoms with van der Waals surface area (Å²) in [5.41, 5.74) is 1.81. The minimum Gasteiger partial charge on any atom is -0.453 e. The number of rotatable bonds is 2. The molecule has 2 amide bonds. The standard InChI is InChI=1S/C17H24N2O3/c1-17(2,3)12-8-5-6-9-13(12)18-15(20)14-10-7-11-19(14)16(21)22-4/h5-6,8-9,14H,7,10-11H2,1-4H3,(H,18,20). The monoisotopic (exact) mass is 304 g/mol. The van der Waals surface area contributed by atoms with E-state index in [1.807, 2.05) is 24.3 Å². The van der Waals surface area contributed by atoms with Gasteiger partial charge in [-0.25, -0.2) is 4.79 Å². The van der Waals surface area contributed by atoms with E-state index in [1.54, 1.807) is 0 Å². The van der Waals surface area contributed by atoms with Crippen molar-refractivity contribution in [2.45, 2.75) is 45.1 Å². The Kier molecular flexibility index (Phi) is 4.74. The lowest BCUT2D eigenvalue weighted by Gasteiger charge is -2.26. The molecule has 2 rings (SSSR count). The molecule has 0 aromatic heterocycles. The first-order valence-corrected chi connectivity index (χ1v) is 7.59. The molecule has 0 spiro atoms. The van der Waals surface area contributed by atoms with Gasteiger partial charge in [0.25, 0.3) is 0 Å². The highest BCUT2D eigenvalue weighted by molar-refractivity contribution is 5.97. The molecule has 0 bridgehead atoms. The summed E-state index contributed by atoms with van der Waals surface area (Å²) in [7, 11) is 1.34. The Hall–Kier alpha value is -2.04. The Morgan fingerprint density at radius 3 is 2.59 bits per heavy atom. The van der Waals surface area contributed by atoms with E-state index in [0.717, 1.165) is 17.7 Å². The summed E-state index contributed by atoms with van der Waals surface area (Å²) in [6.07, 6.45) is 1.04. The predicted molar refractivity (Wildman–Crippen MR) is 85.9 cm³/mol. The van der Waals surface area contributed by atoms with Crippen LogP contribution in [0.4, 0.5) is 10.5 Å². The van der Waals surface area contributed by atoms with E-state index in [1.165, 1.54) is 12.0 Å². The number of hydrogen-bond acceptors (Lipinski definition) is 3. The first-order valence-electron chi connectivity index (χ1n) is 7.59. The quantitative estimate of drug-likeness (QED) is 0.913. The number of hydrogen-bond donors (Lipinski definition) is 1. The van der Waals surface area contributed by atoms with Crippen LogP contribution >= 0.6 is 0 Å². The van der Waals surface area contributed by atoms with Crippen molar-refractivity contribution in [3.05, 3.63) is 29.8 Å². The van der Waals surface area contributed by atoms with Crippen LogP contribution < -0.4 is 5.32 Å². The number of ether oxygens (including phenoxy) is 1. The van der Waals surface area contributed by atoms with Gasteiger partial charge in [0.05, 0.1) is 7.11 Å². The van der Waals surface area contributed by atoms with Crippen molar-refractivity contribution in [2.24, 2.45) is 0 Å². The molecule has 1 unspecified atom stereocenters. The van der Waals surface area contributed by atoms with E-state index in [0.29, 0.717) is 13.0 Å². The fourth-order valence-corrected chi connectivity index (χ4v) is 2.84. The number of methoxy groups -OCH3 is 1. The van der Waals surface area contributed by atoms with Gasteiger partial charge in [-0.05, 0) is 29.9 Å². The van der Waals surface area contributed by atoms with Gasteiger partial charge in [-0.2, -0.15) is 0 Å². The van der Waals surface area contributed by atoms with Crippen molar-refractivity contribution in [2.75, 3.05) is 19.0 Å². The van der Waals surface area contributed by atoms with Gasteiger partial charge in [0.15, 0.2) is 0 Å². The average molecular weight is 304 g/mol. The smallest absolute Gasteiger partial charge is 0.410 e. The van der Waals surface area contributed by atoms with Crippen LogP contribution in [0.2, 0.25) is 0 Å². The van der Waals surface area contributed by atoms with Crippen LogP contribution in [0.1, 0.15) is 39.2 Å². The van der Waals surface area contributed by atoms with Crippen LogP contribution in [0.15, 0.2) is 24.3 Å². The number of nitrogens with zero attached hydrogens (tertiary/aromatic N) is 1. The van der Waals surface area contributed by atoms with Crippen molar-refractivity contribution < 1.29 is 14.3 Å². The van der Waals surface area contributed by atoms with Gasteiger partial charge in [0.2, 0.25) is 5.91 Å². The third kappa shape index (κ3) is 3.40. The van der Waals surface area contributed by atoms with Gasteiger partial charge < -0.3 is 10.1 Å². The van der Waals surface area contributed by atoms with Crippen LogP contribution in [0, 0.1) is 0 Å². The highest BCUT2D eigenvalue weighted by Crippen LogP contribution is 2.30. The van der Waals surface area contributed by atoms with Crippen molar-refractivity contribution >= 4 is 17.7 Å². The molecule has 1 atom stereocenters. The number of benzene rings is 1. The summed E-state index contributed by atoms with van der Waals surface area (Å²) in [5, 5.41) is 2.98. The van der Waals surface area contributed by atoms with E-state index in [4.69, 9.17) is 4.74 Å². The van der Waals surface area contributed by atoms with E-state index in [2.05, 4.69) is 26.1 Å². The molecule has 1 N–H and O–H groups in total. The Labute approximate surface area is 131 Å². The normalized spacial score (nSPS) is 18.2. The molecule has 5 heteroatoms. The van der Waals surface area contributed by atoms with Gasteiger partial charge in [-0.1, -0.05) is 39.0 Å².